The first-order valence-electron chi connectivity index (χ1n) is 14.7. The molecule has 0 radical (unpaired) electrons. The molecule has 234 valence electrons. The van der Waals surface area contributed by atoms with Gasteiger partial charge in [-0.1, -0.05) is 35.1 Å². The third kappa shape index (κ3) is 9.71. The van der Waals surface area contributed by atoms with Crippen LogP contribution in [0.5, 0.6) is 0 Å². The van der Waals surface area contributed by atoms with Gasteiger partial charge >= 0.3 is 6.09 Å². The van der Waals surface area contributed by atoms with E-state index >= 15 is 0 Å². The molecule has 0 aliphatic carbocycles. The molecule has 12 heteroatoms. The van der Waals surface area contributed by atoms with Gasteiger partial charge in [0.25, 0.3) is 0 Å². The topological polar surface area (TPSA) is 138 Å². The lowest BCUT2D eigenvalue weighted by atomic mass is 9.94. The first-order chi connectivity index (χ1) is 19.8. The molecule has 11 nitrogen and oxygen atoms in total. The molecule has 0 spiro atoms. The average Bonchev–Trinajstić information content (AvgIpc) is 3.77. The Morgan fingerprint density at radius 1 is 1.07 bits per heavy atom. The van der Waals surface area contributed by atoms with Crippen molar-refractivity contribution in [3.63, 3.8) is 0 Å². The second kappa shape index (κ2) is 17.7. The van der Waals surface area contributed by atoms with Crippen LogP contribution >= 0.6 is 12.5 Å². The Bertz CT molecular complexity index is 1030. The first kappa shape index (κ1) is 33.4. The van der Waals surface area contributed by atoms with Gasteiger partial charge in [-0.25, -0.2) is 14.8 Å². The minimum Gasteiger partial charge on any atom is -0.444 e. The number of hydrogen-bond acceptors (Lipinski definition) is 9. The molecule has 4 aliphatic heterocycles. The Morgan fingerprint density at radius 2 is 1.71 bits per heavy atom. The van der Waals surface area contributed by atoms with Crippen LogP contribution in [0.2, 0.25) is 0 Å². The third-order valence-electron chi connectivity index (χ3n) is 7.35. The molecule has 4 N–H and O–H groups in total. The SMILES string of the molecule is C.CC(C)C1NCCc2[nH]cnc21.CC(C)C1c2nc[nH]c2CCN1C(=O)O[C@H]1CCOC1.O[C@H]1CCOC1.[2H]SC. The van der Waals surface area contributed by atoms with E-state index in [1.165, 1.54) is 11.4 Å². The van der Waals surface area contributed by atoms with Gasteiger partial charge < -0.3 is 34.6 Å². The molecular formula is C29H52N6O5S. The van der Waals surface area contributed by atoms with Crippen molar-refractivity contribution in [3.05, 3.63) is 35.4 Å². The highest BCUT2D eigenvalue weighted by Crippen LogP contribution is 2.34. The molecule has 2 aromatic heterocycles. The van der Waals surface area contributed by atoms with Crippen LogP contribution in [0.3, 0.4) is 0 Å². The predicted molar refractivity (Wildman–Crippen MR) is 163 cm³/mol. The van der Waals surface area contributed by atoms with E-state index in [9.17, 15) is 4.79 Å². The van der Waals surface area contributed by atoms with Crippen LogP contribution < -0.4 is 5.32 Å². The van der Waals surface area contributed by atoms with Gasteiger partial charge in [0.05, 0.1) is 62.1 Å². The number of aromatic nitrogens is 4. The highest BCUT2D eigenvalue weighted by molar-refractivity contribution is 7.79. The van der Waals surface area contributed by atoms with E-state index in [1.807, 2.05) is 4.90 Å². The molecule has 6 rings (SSSR count). The number of amides is 1. The van der Waals surface area contributed by atoms with Crippen molar-refractivity contribution >= 4 is 18.6 Å². The average molecular weight is 598 g/mol. The number of aliphatic hydroxyl groups is 1. The van der Waals surface area contributed by atoms with E-state index in [-0.39, 0.29) is 31.8 Å². The molecule has 2 unspecified atom stereocenters. The van der Waals surface area contributed by atoms with E-state index < -0.39 is 0 Å². The second-order valence-electron chi connectivity index (χ2n) is 11.0. The number of nitrogens with zero attached hydrogens (tertiary/aromatic N) is 3. The zero-order valence-corrected chi connectivity index (χ0v) is 25.3. The van der Waals surface area contributed by atoms with E-state index in [2.05, 4.69) is 52.9 Å². The predicted octanol–water partition coefficient (Wildman–Crippen LogP) is 4.09. The maximum Gasteiger partial charge on any atom is 0.410 e. The Labute approximate surface area is 252 Å². The van der Waals surface area contributed by atoms with Crippen LogP contribution in [-0.2, 0) is 27.1 Å². The molecule has 0 saturated carbocycles. The summed E-state index contributed by atoms with van der Waals surface area (Å²) >= 11 is 1.000. The lowest BCUT2D eigenvalue weighted by molar-refractivity contribution is 0.0344. The number of carbonyl (C=O) groups excluding carboxylic acids is 1. The number of fused-ring (bicyclic) bond motifs is 2. The Hall–Kier alpha value is -2.12. The molecule has 4 aliphatic rings. The van der Waals surface area contributed by atoms with Gasteiger partial charge in [0.1, 0.15) is 7.23 Å². The Morgan fingerprint density at radius 3 is 2.24 bits per heavy atom. The van der Waals surface area contributed by atoms with Gasteiger partial charge in [0.15, 0.2) is 0 Å². The van der Waals surface area contributed by atoms with E-state index in [1.54, 1.807) is 18.9 Å². The number of ether oxygens (including phenoxy) is 3. The van der Waals surface area contributed by atoms with E-state index in [0.717, 1.165) is 62.8 Å². The summed E-state index contributed by atoms with van der Waals surface area (Å²) in [5, 5.41) is 12.1. The molecule has 4 atom stereocenters. The van der Waals surface area contributed by atoms with Crippen LogP contribution in [0.15, 0.2) is 12.7 Å². The number of H-pyrrole nitrogens is 2. The zero-order chi connectivity index (χ0) is 29.8. The van der Waals surface area contributed by atoms with Gasteiger partial charge in [-0.15, -0.1) is 0 Å². The number of aliphatic hydroxyl groups excluding tert-OH is 1. The van der Waals surface area contributed by atoms with Crippen molar-refractivity contribution in [1.82, 2.24) is 30.2 Å². The number of aromatic amines is 2. The monoisotopic (exact) mass is 597 g/mol. The lowest BCUT2D eigenvalue weighted by Gasteiger charge is -2.36. The van der Waals surface area contributed by atoms with E-state index in [0.29, 0.717) is 44.2 Å². The van der Waals surface area contributed by atoms with Crippen molar-refractivity contribution < 1.29 is 24.1 Å². The van der Waals surface area contributed by atoms with Gasteiger partial charge in [-0.05, 0) is 24.5 Å². The van der Waals surface area contributed by atoms with Crippen molar-refractivity contribution in [2.45, 2.75) is 85.1 Å². The fourth-order valence-corrected chi connectivity index (χ4v) is 5.32. The number of hydrogen-bond donors (Lipinski definition) is 5. The van der Waals surface area contributed by atoms with Crippen molar-refractivity contribution in [2.24, 2.45) is 11.8 Å². The summed E-state index contributed by atoms with van der Waals surface area (Å²) < 4.78 is 21.7. The number of carbonyl (C=O) groups is 1. The van der Waals surface area contributed by atoms with Crippen molar-refractivity contribution in [2.75, 3.05) is 45.8 Å². The number of imidazole rings is 2. The fourth-order valence-electron chi connectivity index (χ4n) is 5.32. The van der Waals surface area contributed by atoms with Crippen molar-refractivity contribution in [1.29, 1.82) is 1.12 Å². The summed E-state index contributed by atoms with van der Waals surface area (Å²) in [6.07, 6.45) is 8.19. The number of rotatable bonds is 3. The number of thiol groups is 1. The minimum absolute atomic E-state index is 0. The maximum atomic E-state index is 12.4. The van der Waals surface area contributed by atoms with Crippen LogP contribution in [0.4, 0.5) is 4.79 Å². The fraction of sp³-hybridized carbons (Fsp3) is 0.759. The summed E-state index contributed by atoms with van der Waals surface area (Å²) in [7, 11) is 0. The minimum atomic E-state index is -0.243. The molecule has 0 aromatic carbocycles. The smallest absolute Gasteiger partial charge is 0.410 e. The number of nitrogens with one attached hydrogen (secondary N) is 3. The van der Waals surface area contributed by atoms with Gasteiger partial charge in [-0.3, -0.25) is 4.90 Å². The molecule has 2 saturated heterocycles. The molecule has 6 heterocycles. The molecule has 0 bridgehead atoms. The zero-order valence-electron chi connectivity index (χ0n) is 25.5. The Balaban J connectivity index is 0.000000237. The largest absolute Gasteiger partial charge is 0.444 e. The van der Waals surface area contributed by atoms with Crippen LogP contribution in [0.25, 0.3) is 0 Å². The summed E-state index contributed by atoms with van der Waals surface area (Å²) in [6.45, 7) is 12.9. The van der Waals surface area contributed by atoms with Crippen molar-refractivity contribution in [3.8, 4) is 0 Å². The molecule has 2 aromatic rings. The van der Waals surface area contributed by atoms with E-state index in [4.69, 9.17) is 20.4 Å². The third-order valence-corrected chi connectivity index (χ3v) is 7.35. The maximum absolute atomic E-state index is 12.4. The van der Waals surface area contributed by atoms with Gasteiger partial charge in [0.2, 0.25) is 0 Å². The standard InChI is InChI=1S/C14H21N3O3.C9H15N3.C4H8O2.CH4S.CH4/c1-9(2)13-12-11(15-8-16-12)3-5-17(13)14(18)20-10-4-6-19-7-10;1-6(2)8-9-7(3-4-10-8)11-5-12-9;5-4-1-2-6-3-4;1-2;/h8-10,13H,3-7H2,1-2H3,(H,15,16);5-6,8,10H,3-4H2,1-2H3,(H,11,12);4-5H,1-3H2;2H,1H3;1H4/t10-,13?;;4-;;/m0.0../s1/i/hD. The van der Waals surface area contributed by atoms with Crippen LogP contribution in [0, 0.1) is 11.8 Å². The molecule has 41 heavy (non-hydrogen) atoms. The quantitative estimate of drug-likeness (QED) is 0.334. The molecular weight excluding hydrogens is 544 g/mol. The normalized spacial score (nSPS) is 24.8. The molecule has 1 amide bonds. The summed E-state index contributed by atoms with van der Waals surface area (Å²) in [5.74, 6) is 0.914. The van der Waals surface area contributed by atoms with Crippen LogP contribution in [-0.4, -0.2) is 95.1 Å². The first-order valence-corrected chi connectivity index (χ1v) is 15.2. The highest BCUT2D eigenvalue weighted by Gasteiger charge is 2.37. The second-order valence-corrected chi connectivity index (χ2v) is 11.0. The summed E-state index contributed by atoms with van der Waals surface area (Å²) in [6, 6.07) is 0.430. The molecule has 2 fully saturated rings. The van der Waals surface area contributed by atoms with Crippen LogP contribution in [0.1, 0.15) is 82.8 Å². The van der Waals surface area contributed by atoms with Gasteiger partial charge in [0, 0.05) is 50.3 Å². The summed E-state index contributed by atoms with van der Waals surface area (Å²) in [4.78, 5) is 29.3. The Kier molecular flexibility index (Phi) is 14.5. The summed E-state index contributed by atoms with van der Waals surface area (Å²) in [5.41, 5.74) is 4.64. The van der Waals surface area contributed by atoms with Gasteiger partial charge in [-0.2, -0.15) is 12.5 Å². The lowest BCUT2D eigenvalue weighted by Crippen LogP contribution is -2.43. The highest BCUT2D eigenvalue weighted by atomic mass is 32.1.